The average Bonchev–Trinajstić information content (AvgIpc) is 2.02. The molecular weight excluding hydrogens is 176 g/mol. The summed E-state index contributed by atoms with van der Waals surface area (Å²) in [5.74, 6) is -2.68. The molecule has 0 aliphatic heterocycles. The lowest BCUT2D eigenvalue weighted by molar-refractivity contribution is -0.169. The fourth-order valence-corrected chi connectivity index (χ4v) is 1.04. The fraction of sp³-hybridized carbons (Fsp3) is 0.750. The summed E-state index contributed by atoms with van der Waals surface area (Å²) in [5, 5.41) is 26.9. The van der Waals surface area contributed by atoms with Gasteiger partial charge in [0.05, 0.1) is 0 Å². The van der Waals surface area contributed by atoms with Crippen molar-refractivity contribution in [2.75, 3.05) is 0 Å². The Morgan fingerprint density at radius 3 is 2.15 bits per heavy atom. The third kappa shape index (κ3) is 2.50. The van der Waals surface area contributed by atoms with Crippen LogP contribution in [-0.4, -0.2) is 38.8 Å². The number of carbonyl (C=O) groups excluding carboxylic acids is 1. The number of hydrogen-bond donors (Lipinski definition) is 3. The number of carboxylic acids is 1. The molecular formula is C8H14O5. The Morgan fingerprint density at radius 2 is 1.92 bits per heavy atom. The van der Waals surface area contributed by atoms with Crippen LogP contribution >= 0.6 is 0 Å². The van der Waals surface area contributed by atoms with Crippen LogP contribution in [0.3, 0.4) is 0 Å². The summed E-state index contributed by atoms with van der Waals surface area (Å²) in [6.45, 7) is 2.77. The first-order valence-corrected chi connectivity index (χ1v) is 4.04. The Labute approximate surface area is 76.0 Å². The van der Waals surface area contributed by atoms with Crippen LogP contribution in [0.2, 0.25) is 0 Å². The van der Waals surface area contributed by atoms with Crippen LogP contribution in [0.1, 0.15) is 26.7 Å². The largest absolute Gasteiger partial charge is 0.479 e. The van der Waals surface area contributed by atoms with Gasteiger partial charge in [0.1, 0.15) is 6.10 Å². The van der Waals surface area contributed by atoms with Gasteiger partial charge in [0.15, 0.2) is 0 Å². The SMILES string of the molecule is CCCC(O)(C(=O)O)C(=O)C(C)O. The Kier molecular flexibility index (Phi) is 4.03. The Hall–Kier alpha value is -0.940. The maximum Gasteiger partial charge on any atom is 0.343 e. The zero-order valence-electron chi connectivity index (χ0n) is 7.65. The molecule has 2 unspecified atom stereocenters. The molecule has 0 aliphatic rings. The van der Waals surface area contributed by atoms with Gasteiger partial charge in [-0.05, 0) is 13.3 Å². The number of carboxylic acid groups (broad SMARTS) is 1. The van der Waals surface area contributed by atoms with E-state index < -0.39 is 23.5 Å². The molecule has 0 aliphatic carbocycles. The summed E-state index contributed by atoms with van der Waals surface area (Å²) in [5.41, 5.74) is -2.44. The molecule has 0 rings (SSSR count). The molecule has 0 radical (unpaired) electrons. The number of ketones is 1. The van der Waals surface area contributed by atoms with E-state index in [1.54, 1.807) is 6.92 Å². The van der Waals surface area contributed by atoms with Crippen LogP contribution in [0.25, 0.3) is 0 Å². The van der Waals surface area contributed by atoms with E-state index in [4.69, 9.17) is 10.2 Å². The van der Waals surface area contributed by atoms with Crippen molar-refractivity contribution in [1.29, 1.82) is 0 Å². The molecule has 5 heteroatoms. The first kappa shape index (κ1) is 12.1. The summed E-state index contributed by atoms with van der Waals surface area (Å²) in [7, 11) is 0. The summed E-state index contributed by atoms with van der Waals surface area (Å²) in [4.78, 5) is 21.7. The Bertz CT molecular complexity index is 211. The minimum Gasteiger partial charge on any atom is -0.479 e. The van der Waals surface area contributed by atoms with Crippen LogP contribution in [0.15, 0.2) is 0 Å². The number of Topliss-reactive ketones (excluding diaryl/α,β-unsaturated/α-hetero) is 1. The van der Waals surface area contributed by atoms with Crippen molar-refractivity contribution in [2.45, 2.75) is 38.4 Å². The second-order valence-electron chi connectivity index (χ2n) is 2.96. The van der Waals surface area contributed by atoms with Gasteiger partial charge in [0.2, 0.25) is 11.4 Å². The Balaban J connectivity index is 4.78. The highest BCUT2D eigenvalue weighted by atomic mass is 16.4. The summed E-state index contributed by atoms with van der Waals surface area (Å²) >= 11 is 0. The van der Waals surface area contributed by atoms with Gasteiger partial charge in [0, 0.05) is 0 Å². The van der Waals surface area contributed by atoms with Crippen molar-refractivity contribution in [2.24, 2.45) is 0 Å². The van der Waals surface area contributed by atoms with Crippen LogP contribution < -0.4 is 0 Å². The number of hydrogen-bond acceptors (Lipinski definition) is 4. The molecule has 0 heterocycles. The summed E-state index contributed by atoms with van der Waals surface area (Å²) in [6.07, 6.45) is -1.31. The molecule has 0 saturated heterocycles. The van der Waals surface area contributed by atoms with Crippen LogP contribution in [0, 0.1) is 0 Å². The second kappa shape index (κ2) is 4.34. The molecule has 0 amide bonds. The second-order valence-corrected chi connectivity index (χ2v) is 2.96. The van der Waals surface area contributed by atoms with E-state index in [1.165, 1.54) is 0 Å². The van der Waals surface area contributed by atoms with Crippen molar-refractivity contribution in [3.63, 3.8) is 0 Å². The van der Waals surface area contributed by atoms with Crippen LogP contribution in [-0.2, 0) is 9.59 Å². The number of aliphatic carboxylic acids is 1. The van der Waals surface area contributed by atoms with E-state index >= 15 is 0 Å². The zero-order chi connectivity index (χ0) is 10.6. The molecule has 76 valence electrons. The first-order chi connectivity index (χ1) is 5.86. The molecule has 0 saturated carbocycles. The topological polar surface area (TPSA) is 94.8 Å². The molecule has 3 N–H and O–H groups in total. The quantitative estimate of drug-likeness (QED) is 0.510. The highest BCUT2D eigenvalue weighted by molar-refractivity contribution is 6.07. The van der Waals surface area contributed by atoms with E-state index in [0.29, 0.717) is 6.42 Å². The van der Waals surface area contributed by atoms with E-state index in [-0.39, 0.29) is 6.42 Å². The van der Waals surface area contributed by atoms with Gasteiger partial charge in [-0.2, -0.15) is 0 Å². The lowest BCUT2D eigenvalue weighted by Gasteiger charge is -2.22. The van der Waals surface area contributed by atoms with E-state index in [1.807, 2.05) is 0 Å². The molecule has 0 bridgehead atoms. The van der Waals surface area contributed by atoms with Gasteiger partial charge in [-0.15, -0.1) is 0 Å². The van der Waals surface area contributed by atoms with Gasteiger partial charge in [-0.25, -0.2) is 4.79 Å². The number of carbonyl (C=O) groups is 2. The zero-order valence-corrected chi connectivity index (χ0v) is 7.65. The number of aliphatic hydroxyl groups excluding tert-OH is 1. The van der Waals surface area contributed by atoms with E-state index in [0.717, 1.165) is 6.92 Å². The standard InChI is InChI=1S/C8H14O5/c1-3-4-8(13,7(11)12)6(10)5(2)9/h5,9,13H,3-4H2,1-2H3,(H,11,12). The van der Waals surface area contributed by atoms with Gasteiger partial charge >= 0.3 is 5.97 Å². The minimum absolute atomic E-state index is 0.188. The van der Waals surface area contributed by atoms with E-state index in [2.05, 4.69) is 0 Å². The van der Waals surface area contributed by atoms with Crippen molar-refractivity contribution in [1.82, 2.24) is 0 Å². The molecule has 13 heavy (non-hydrogen) atoms. The molecule has 0 aromatic carbocycles. The van der Waals surface area contributed by atoms with Crippen molar-refractivity contribution >= 4 is 11.8 Å². The third-order valence-corrected chi connectivity index (χ3v) is 1.75. The van der Waals surface area contributed by atoms with Gasteiger partial charge < -0.3 is 15.3 Å². The smallest absolute Gasteiger partial charge is 0.343 e. The highest BCUT2D eigenvalue weighted by Crippen LogP contribution is 2.16. The van der Waals surface area contributed by atoms with Crippen LogP contribution in [0.4, 0.5) is 0 Å². The fourth-order valence-electron chi connectivity index (χ4n) is 1.04. The van der Waals surface area contributed by atoms with Crippen molar-refractivity contribution in [3.05, 3.63) is 0 Å². The third-order valence-electron chi connectivity index (χ3n) is 1.75. The maximum atomic E-state index is 11.1. The monoisotopic (exact) mass is 190 g/mol. The molecule has 2 atom stereocenters. The molecule has 0 aromatic rings. The van der Waals surface area contributed by atoms with Crippen LogP contribution in [0.5, 0.6) is 0 Å². The predicted octanol–water partition coefficient (Wildman–Crippen LogP) is -0.448. The number of aliphatic hydroxyl groups is 2. The summed E-state index contributed by atoms with van der Waals surface area (Å²) in [6, 6.07) is 0. The van der Waals surface area contributed by atoms with Gasteiger partial charge in [-0.1, -0.05) is 13.3 Å². The summed E-state index contributed by atoms with van der Waals surface area (Å²) < 4.78 is 0. The minimum atomic E-state index is -2.44. The first-order valence-electron chi connectivity index (χ1n) is 4.04. The van der Waals surface area contributed by atoms with E-state index in [9.17, 15) is 14.7 Å². The van der Waals surface area contributed by atoms with Gasteiger partial charge in [-0.3, -0.25) is 4.79 Å². The van der Waals surface area contributed by atoms with Crippen molar-refractivity contribution in [3.8, 4) is 0 Å². The Morgan fingerprint density at radius 1 is 1.46 bits per heavy atom. The maximum absolute atomic E-state index is 11.1. The lowest BCUT2D eigenvalue weighted by Crippen LogP contribution is -2.50. The normalized spacial score (nSPS) is 17.5. The lowest BCUT2D eigenvalue weighted by atomic mass is 9.90. The molecule has 5 nitrogen and oxygen atoms in total. The van der Waals surface area contributed by atoms with Gasteiger partial charge in [0.25, 0.3) is 0 Å². The molecule has 0 fully saturated rings. The molecule has 0 aromatic heterocycles. The number of rotatable bonds is 5. The highest BCUT2D eigenvalue weighted by Gasteiger charge is 2.44. The average molecular weight is 190 g/mol. The predicted molar refractivity (Wildman–Crippen MR) is 44.2 cm³/mol. The molecule has 0 spiro atoms. The van der Waals surface area contributed by atoms with Crippen molar-refractivity contribution < 1.29 is 24.9 Å².